The van der Waals surface area contributed by atoms with Crippen molar-refractivity contribution in [1.82, 2.24) is 15.1 Å². The topological polar surface area (TPSA) is 46.9 Å². The Morgan fingerprint density at radius 1 is 1.12 bits per heavy atom. The minimum atomic E-state index is -0.583. The highest BCUT2D eigenvalue weighted by Crippen LogP contribution is 2.17. The van der Waals surface area contributed by atoms with Crippen molar-refractivity contribution >= 4 is 12.0 Å². The second-order valence-corrected chi connectivity index (χ2v) is 5.65. The first-order valence-corrected chi connectivity index (χ1v) is 8.11. The highest BCUT2D eigenvalue weighted by atomic mass is 19.1. The van der Waals surface area contributed by atoms with Crippen LogP contribution in [-0.4, -0.2) is 22.2 Å². The number of hydrogen-bond donors (Lipinski definition) is 1. The summed E-state index contributed by atoms with van der Waals surface area (Å²) in [6.45, 7) is 0.867. The van der Waals surface area contributed by atoms with Gasteiger partial charge in [-0.2, -0.15) is 5.10 Å². The third-order valence-corrected chi connectivity index (χ3v) is 3.75. The second kappa shape index (κ2) is 8.20. The van der Waals surface area contributed by atoms with Gasteiger partial charge in [0.1, 0.15) is 11.6 Å². The van der Waals surface area contributed by atoms with Crippen molar-refractivity contribution in [2.24, 2.45) is 0 Å². The Bertz CT molecular complexity index is 920. The number of nitrogens with one attached hydrogen (secondary N) is 1. The molecule has 26 heavy (non-hydrogen) atoms. The fraction of sp³-hybridized carbons (Fsp3) is 0.100. The van der Waals surface area contributed by atoms with Crippen LogP contribution in [0.25, 0.3) is 17.2 Å². The fourth-order valence-corrected chi connectivity index (χ4v) is 2.43. The normalized spacial score (nSPS) is 11.0. The lowest BCUT2D eigenvalue weighted by molar-refractivity contribution is -0.116. The molecule has 0 unspecified atom stereocenters. The van der Waals surface area contributed by atoms with Crippen LogP contribution in [0.4, 0.5) is 8.78 Å². The molecule has 0 saturated heterocycles. The molecule has 0 saturated carbocycles. The predicted octanol–water partition coefficient (Wildman–Crippen LogP) is 3.66. The first kappa shape index (κ1) is 17.5. The van der Waals surface area contributed by atoms with E-state index in [0.29, 0.717) is 13.1 Å². The molecule has 0 aliphatic carbocycles. The zero-order valence-electron chi connectivity index (χ0n) is 13.9. The zero-order valence-corrected chi connectivity index (χ0v) is 13.9. The number of rotatable bonds is 6. The molecule has 1 amide bonds. The summed E-state index contributed by atoms with van der Waals surface area (Å²) in [6, 6.07) is 13.0. The molecule has 0 fully saturated rings. The lowest BCUT2D eigenvalue weighted by Gasteiger charge is -2.03. The van der Waals surface area contributed by atoms with Gasteiger partial charge in [0, 0.05) is 29.9 Å². The van der Waals surface area contributed by atoms with E-state index >= 15 is 0 Å². The van der Waals surface area contributed by atoms with Gasteiger partial charge in [0.25, 0.3) is 0 Å². The van der Waals surface area contributed by atoms with E-state index in [0.717, 1.165) is 29.3 Å². The Labute approximate surface area is 149 Å². The number of aromatic nitrogens is 2. The minimum absolute atomic E-state index is 0.0275. The van der Waals surface area contributed by atoms with E-state index in [9.17, 15) is 13.6 Å². The van der Waals surface area contributed by atoms with Crippen molar-refractivity contribution in [1.29, 1.82) is 0 Å². The number of halogens is 2. The van der Waals surface area contributed by atoms with E-state index in [4.69, 9.17) is 0 Å². The molecule has 2 aromatic carbocycles. The molecule has 0 radical (unpaired) electrons. The standard InChI is InChI=1S/C20H17F2N3O/c21-18-7-8-19(22)16(12-18)6-9-20(26)23-10-11-25-14-17(13-24-25)15-4-2-1-3-5-15/h1-9,12-14H,10-11H2,(H,23,26)/b9-6+. The van der Waals surface area contributed by atoms with Crippen LogP contribution in [-0.2, 0) is 11.3 Å². The molecule has 132 valence electrons. The molecule has 1 N–H and O–H groups in total. The number of nitrogens with zero attached hydrogens (tertiary/aromatic N) is 2. The summed E-state index contributed by atoms with van der Waals surface area (Å²) >= 11 is 0. The summed E-state index contributed by atoms with van der Waals surface area (Å²) in [4.78, 5) is 11.8. The van der Waals surface area contributed by atoms with E-state index in [-0.39, 0.29) is 11.5 Å². The number of benzene rings is 2. The van der Waals surface area contributed by atoms with Crippen molar-refractivity contribution in [3.8, 4) is 11.1 Å². The maximum Gasteiger partial charge on any atom is 0.244 e. The fourth-order valence-electron chi connectivity index (χ4n) is 2.43. The average Bonchev–Trinajstić information content (AvgIpc) is 3.12. The van der Waals surface area contributed by atoms with Crippen molar-refractivity contribution in [3.05, 3.63) is 84.2 Å². The van der Waals surface area contributed by atoms with Gasteiger partial charge in [-0.1, -0.05) is 30.3 Å². The van der Waals surface area contributed by atoms with Gasteiger partial charge in [0.15, 0.2) is 0 Å². The van der Waals surface area contributed by atoms with Gasteiger partial charge >= 0.3 is 0 Å². The molecule has 0 atom stereocenters. The van der Waals surface area contributed by atoms with Gasteiger partial charge in [-0.05, 0) is 29.8 Å². The van der Waals surface area contributed by atoms with E-state index in [2.05, 4.69) is 10.4 Å². The number of carbonyl (C=O) groups is 1. The summed E-state index contributed by atoms with van der Waals surface area (Å²) in [6.07, 6.45) is 6.09. The Balaban J connectivity index is 1.50. The molecular weight excluding hydrogens is 336 g/mol. The van der Waals surface area contributed by atoms with Crippen molar-refractivity contribution in [2.45, 2.75) is 6.54 Å². The first-order valence-electron chi connectivity index (χ1n) is 8.11. The van der Waals surface area contributed by atoms with Crippen LogP contribution in [0.1, 0.15) is 5.56 Å². The molecule has 6 heteroatoms. The van der Waals surface area contributed by atoms with Gasteiger partial charge in [-0.25, -0.2) is 8.78 Å². The second-order valence-electron chi connectivity index (χ2n) is 5.65. The molecule has 0 spiro atoms. The molecule has 0 aliphatic heterocycles. The van der Waals surface area contributed by atoms with Crippen LogP contribution in [0, 0.1) is 11.6 Å². The molecule has 1 aromatic heterocycles. The Hall–Kier alpha value is -3.28. The Morgan fingerprint density at radius 3 is 2.73 bits per heavy atom. The maximum absolute atomic E-state index is 13.5. The van der Waals surface area contributed by atoms with Crippen molar-refractivity contribution in [3.63, 3.8) is 0 Å². The largest absolute Gasteiger partial charge is 0.351 e. The van der Waals surface area contributed by atoms with Gasteiger partial charge in [0.05, 0.1) is 12.7 Å². The summed E-state index contributed by atoms with van der Waals surface area (Å²) < 4.78 is 28.3. The first-order chi connectivity index (χ1) is 12.6. The maximum atomic E-state index is 13.5. The molecular formula is C20H17F2N3O. The summed E-state index contributed by atoms with van der Waals surface area (Å²) in [5.41, 5.74) is 2.10. The molecule has 0 aliphatic rings. The lowest BCUT2D eigenvalue weighted by Crippen LogP contribution is -2.25. The van der Waals surface area contributed by atoms with Crippen molar-refractivity contribution < 1.29 is 13.6 Å². The zero-order chi connectivity index (χ0) is 18.4. The van der Waals surface area contributed by atoms with Gasteiger partial charge in [0.2, 0.25) is 5.91 Å². The molecule has 3 rings (SSSR count). The van der Waals surface area contributed by atoms with Gasteiger partial charge in [-0.3, -0.25) is 9.48 Å². The van der Waals surface area contributed by atoms with Gasteiger partial charge < -0.3 is 5.32 Å². The monoisotopic (exact) mass is 353 g/mol. The van der Waals surface area contributed by atoms with E-state index < -0.39 is 11.6 Å². The van der Waals surface area contributed by atoms with E-state index in [1.165, 1.54) is 12.2 Å². The summed E-state index contributed by atoms with van der Waals surface area (Å²) in [5, 5.41) is 6.94. The van der Waals surface area contributed by atoms with Gasteiger partial charge in [-0.15, -0.1) is 0 Å². The number of hydrogen-bond acceptors (Lipinski definition) is 2. The quantitative estimate of drug-likeness (QED) is 0.688. The lowest BCUT2D eigenvalue weighted by atomic mass is 10.1. The van der Waals surface area contributed by atoms with Crippen LogP contribution < -0.4 is 5.32 Å². The minimum Gasteiger partial charge on any atom is -0.351 e. The third-order valence-electron chi connectivity index (χ3n) is 3.75. The SMILES string of the molecule is O=C(/C=C/c1cc(F)ccc1F)NCCn1cc(-c2ccccc2)cn1. The van der Waals surface area contributed by atoms with Crippen LogP contribution in [0.3, 0.4) is 0 Å². The van der Waals surface area contributed by atoms with Crippen LogP contribution >= 0.6 is 0 Å². The van der Waals surface area contributed by atoms with E-state index in [1.54, 1.807) is 10.9 Å². The molecule has 3 aromatic rings. The number of amides is 1. The Kier molecular flexibility index (Phi) is 5.53. The highest BCUT2D eigenvalue weighted by molar-refractivity contribution is 5.91. The van der Waals surface area contributed by atoms with Crippen LogP contribution in [0.5, 0.6) is 0 Å². The molecule has 0 bridgehead atoms. The highest BCUT2D eigenvalue weighted by Gasteiger charge is 2.03. The predicted molar refractivity (Wildman–Crippen MR) is 96.1 cm³/mol. The summed E-state index contributed by atoms with van der Waals surface area (Å²) in [7, 11) is 0. The smallest absolute Gasteiger partial charge is 0.244 e. The third kappa shape index (κ3) is 4.63. The van der Waals surface area contributed by atoms with Crippen LogP contribution in [0.2, 0.25) is 0 Å². The Morgan fingerprint density at radius 2 is 1.92 bits per heavy atom. The van der Waals surface area contributed by atoms with E-state index in [1.807, 2.05) is 36.5 Å². The number of carbonyl (C=O) groups excluding carboxylic acids is 1. The van der Waals surface area contributed by atoms with Crippen molar-refractivity contribution in [2.75, 3.05) is 6.54 Å². The average molecular weight is 353 g/mol. The summed E-state index contributed by atoms with van der Waals surface area (Å²) in [5.74, 6) is -1.52. The molecule has 4 nitrogen and oxygen atoms in total. The van der Waals surface area contributed by atoms with Crippen LogP contribution in [0.15, 0.2) is 67.0 Å². The molecule has 1 heterocycles.